The van der Waals surface area contributed by atoms with E-state index in [-0.39, 0.29) is 23.4 Å². The highest BCUT2D eigenvalue weighted by atomic mass is 32.2. The zero-order valence-corrected chi connectivity index (χ0v) is 12.7. The number of benzene rings is 1. The maximum absolute atomic E-state index is 14.0. The molecule has 0 heterocycles. The second kappa shape index (κ2) is 6.72. The van der Waals surface area contributed by atoms with Gasteiger partial charge in [0.1, 0.15) is 0 Å². The lowest BCUT2D eigenvalue weighted by Crippen LogP contribution is -2.35. The van der Waals surface area contributed by atoms with Gasteiger partial charge in [-0.15, -0.1) is 0 Å². The van der Waals surface area contributed by atoms with Crippen molar-refractivity contribution in [1.82, 2.24) is 4.72 Å². The summed E-state index contributed by atoms with van der Waals surface area (Å²) in [7, 11) is -3.84. The molecule has 118 valence electrons. The van der Waals surface area contributed by atoms with Crippen LogP contribution < -0.4 is 9.46 Å². The number of nitrogens with one attached hydrogen (secondary N) is 1. The van der Waals surface area contributed by atoms with Gasteiger partial charge in [0.2, 0.25) is 10.0 Å². The molecule has 0 spiro atoms. The fraction of sp³-hybridized carbons (Fsp3) is 0.571. The number of aliphatic hydroxyl groups is 1. The molecule has 1 saturated carbocycles. The van der Waals surface area contributed by atoms with E-state index in [9.17, 15) is 12.8 Å². The van der Waals surface area contributed by atoms with Crippen molar-refractivity contribution >= 4 is 10.0 Å². The zero-order chi connectivity index (χ0) is 15.5. The molecule has 1 aliphatic rings. The Morgan fingerprint density at radius 1 is 1.43 bits per heavy atom. The van der Waals surface area contributed by atoms with E-state index in [2.05, 4.69) is 4.72 Å². The molecule has 5 nitrogen and oxygen atoms in total. The first kappa shape index (κ1) is 16.2. The van der Waals surface area contributed by atoms with Gasteiger partial charge in [-0.05, 0) is 50.8 Å². The van der Waals surface area contributed by atoms with Crippen LogP contribution >= 0.6 is 0 Å². The van der Waals surface area contributed by atoms with Gasteiger partial charge in [0, 0.05) is 6.04 Å². The molecule has 7 heteroatoms. The quantitative estimate of drug-likeness (QED) is 0.839. The second-order valence-electron chi connectivity index (χ2n) is 5.32. The molecule has 0 bridgehead atoms. The summed E-state index contributed by atoms with van der Waals surface area (Å²) in [6, 6.07) is 2.95. The number of rotatable bonds is 6. The van der Waals surface area contributed by atoms with Gasteiger partial charge >= 0.3 is 0 Å². The van der Waals surface area contributed by atoms with Crippen molar-refractivity contribution < 1.29 is 22.7 Å². The molecule has 0 saturated heterocycles. The van der Waals surface area contributed by atoms with Gasteiger partial charge in [0.25, 0.3) is 0 Å². The topological polar surface area (TPSA) is 75.6 Å². The largest absolute Gasteiger partial charge is 0.487 e. The molecule has 0 aliphatic heterocycles. The number of hydrogen-bond donors (Lipinski definition) is 2. The van der Waals surface area contributed by atoms with Gasteiger partial charge in [0.15, 0.2) is 11.6 Å². The normalized spacial score (nSPS) is 17.9. The molecule has 0 amide bonds. The summed E-state index contributed by atoms with van der Waals surface area (Å²) in [4.78, 5) is -0.181. The highest BCUT2D eigenvalue weighted by molar-refractivity contribution is 7.89. The maximum atomic E-state index is 14.0. The fourth-order valence-electron chi connectivity index (χ4n) is 2.30. The van der Waals surface area contributed by atoms with Crippen LogP contribution in [0.2, 0.25) is 0 Å². The Labute approximate surface area is 124 Å². The van der Waals surface area contributed by atoms with E-state index in [0.717, 1.165) is 31.7 Å². The van der Waals surface area contributed by atoms with Crippen LogP contribution in [0.15, 0.2) is 23.1 Å². The second-order valence-corrected chi connectivity index (χ2v) is 7.04. The van der Waals surface area contributed by atoms with Crippen LogP contribution in [0.25, 0.3) is 0 Å². The summed E-state index contributed by atoms with van der Waals surface area (Å²) in [6.45, 7) is 1.19. The number of hydrogen-bond acceptors (Lipinski definition) is 4. The fourth-order valence-corrected chi connectivity index (χ4v) is 3.55. The molecule has 2 rings (SSSR count). The van der Waals surface area contributed by atoms with Gasteiger partial charge in [-0.1, -0.05) is 0 Å². The van der Waals surface area contributed by atoms with Gasteiger partial charge in [-0.3, -0.25) is 0 Å². The molecule has 0 radical (unpaired) electrons. The Hall–Kier alpha value is -1.18. The van der Waals surface area contributed by atoms with Crippen molar-refractivity contribution in [1.29, 1.82) is 0 Å². The Morgan fingerprint density at radius 3 is 2.67 bits per heavy atom. The zero-order valence-electron chi connectivity index (χ0n) is 11.9. The molecular weight excluding hydrogens is 297 g/mol. The molecule has 2 N–H and O–H groups in total. The molecule has 21 heavy (non-hydrogen) atoms. The van der Waals surface area contributed by atoms with Crippen molar-refractivity contribution in [3.8, 4) is 5.75 Å². The van der Waals surface area contributed by atoms with E-state index < -0.39 is 21.9 Å². The maximum Gasteiger partial charge on any atom is 0.240 e. The minimum absolute atomic E-state index is 0.00879. The molecule has 0 unspecified atom stereocenters. The molecule has 1 atom stereocenters. The predicted octanol–water partition coefficient (Wildman–Crippen LogP) is 1.81. The van der Waals surface area contributed by atoms with Crippen LogP contribution in [-0.4, -0.2) is 32.3 Å². The van der Waals surface area contributed by atoms with Crippen LogP contribution in [0.4, 0.5) is 4.39 Å². The van der Waals surface area contributed by atoms with Crippen molar-refractivity contribution in [2.45, 2.75) is 49.6 Å². The van der Waals surface area contributed by atoms with E-state index in [4.69, 9.17) is 9.84 Å². The number of sulfonamides is 1. The Bertz CT molecular complexity index is 585. The highest BCUT2D eigenvalue weighted by Gasteiger charge is 2.21. The highest BCUT2D eigenvalue weighted by Crippen LogP contribution is 2.27. The monoisotopic (exact) mass is 317 g/mol. The van der Waals surface area contributed by atoms with E-state index in [0.29, 0.717) is 0 Å². The lowest BCUT2D eigenvalue weighted by Gasteiger charge is -2.15. The van der Waals surface area contributed by atoms with Crippen LogP contribution in [0.5, 0.6) is 5.75 Å². The Balaban J connectivity index is 2.14. The lowest BCUT2D eigenvalue weighted by atomic mass is 10.3. The first-order chi connectivity index (χ1) is 9.92. The summed E-state index contributed by atoms with van der Waals surface area (Å²) in [5.41, 5.74) is 0. The van der Waals surface area contributed by atoms with Crippen LogP contribution in [-0.2, 0) is 10.0 Å². The standard InChI is InChI=1S/C14H20FNO4S/c1-10(9-17)16-21(18,19)12-6-7-14(13(15)8-12)20-11-4-2-3-5-11/h6-8,10-11,16-17H,2-5,9H2,1H3/t10-/m0/s1. The Morgan fingerprint density at radius 2 is 2.10 bits per heavy atom. The average molecular weight is 317 g/mol. The summed E-state index contributed by atoms with van der Waals surface area (Å²) >= 11 is 0. The SMILES string of the molecule is C[C@@H](CO)NS(=O)(=O)c1ccc(OC2CCCC2)c(F)c1. The minimum atomic E-state index is -3.84. The van der Waals surface area contributed by atoms with Crippen molar-refractivity contribution in [2.75, 3.05) is 6.61 Å². The molecule has 1 aromatic carbocycles. The van der Waals surface area contributed by atoms with Gasteiger partial charge in [-0.2, -0.15) is 0 Å². The van der Waals surface area contributed by atoms with Crippen molar-refractivity contribution in [3.63, 3.8) is 0 Å². The average Bonchev–Trinajstić information content (AvgIpc) is 2.93. The number of halogens is 1. The molecular formula is C14H20FNO4S. The van der Waals surface area contributed by atoms with Crippen molar-refractivity contribution in [3.05, 3.63) is 24.0 Å². The number of aliphatic hydroxyl groups excluding tert-OH is 1. The summed E-state index contributed by atoms with van der Waals surface area (Å²) in [5.74, 6) is -0.613. The van der Waals surface area contributed by atoms with Crippen LogP contribution in [0.3, 0.4) is 0 Å². The van der Waals surface area contributed by atoms with E-state index in [1.165, 1.54) is 19.1 Å². The third-order valence-electron chi connectivity index (χ3n) is 3.44. The summed E-state index contributed by atoms with van der Waals surface area (Å²) in [5, 5.41) is 8.88. The first-order valence-electron chi connectivity index (χ1n) is 7.02. The van der Waals surface area contributed by atoms with E-state index in [1.807, 2.05) is 0 Å². The molecule has 0 aromatic heterocycles. The van der Waals surface area contributed by atoms with E-state index in [1.54, 1.807) is 0 Å². The Kier molecular flexibility index (Phi) is 5.18. The minimum Gasteiger partial charge on any atom is -0.487 e. The van der Waals surface area contributed by atoms with Crippen molar-refractivity contribution in [2.24, 2.45) is 0 Å². The molecule has 1 fully saturated rings. The van der Waals surface area contributed by atoms with Gasteiger partial charge < -0.3 is 9.84 Å². The number of ether oxygens (including phenoxy) is 1. The predicted molar refractivity (Wildman–Crippen MR) is 76.2 cm³/mol. The van der Waals surface area contributed by atoms with Gasteiger partial charge in [0.05, 0.1) is 17.6 Å². The smallest absolute Gasteiger partial charge is 0.240 e. The summed E-state index contributed by atoms with van der Waals surface area (Å²) in [6.07, 6.45) is 3.95. The van der Waals surface area contributed by atoms with Gasteiger partial charge in [-0.25, -0.2) is 17.5 Å². The molecule has 1 aliphatic carbocycles. The van der Waals surface area contributed by atoms with Crippen LogP contribution in [0.1, 0.15) is 32.6 Å². The lowest BCUT2D eigenvalue weighted by molar-refractivity contribution is 0.200. The van der Waals surface area contributed by atoms with E-state index >= 15 is 0 Å². The molecule has 1 aromatic rings. The third kappa shape index (κ3) is 4.15. The first-order valence-corrected chi connectivity index (χ1v) is 8.50. The summed E-state index contributed by atoms with van der Waals surface area (Å²) < 4.78 is 45.7. The van der Waals surface area contributed by atoms with Crippen LogP contribution in [0, 0.1) is 5.82 Å². The third-order valence-corrected chi connectivity index (χ3v) is 5.03.